The van der Waals surface area contributed by atoms with Gasteiger partial charge in [-0.05, 0) is 6.07 Å². The van der Waals surface area contributed by atoms with Crippen molar-refractivity contribution in [2.75, 3.05) is 7.11 Å². The van der Waals surface area contributed by atoms with Crippen LogP contribution in [0.1, 0.15) is 5.56 Å². The number of nitrogens with zero attached hydrogens (tertiary/aromatic N) is 1. The minimum Gasteiger partial charge on any atom is -0.502 e. The van der Waals surface area contributed by atoms with Gasteiger partial charge in [-0.25, -0.2) is 14.2 Å². The first-order valence-electron chi connectivity index (χ1n) is 3.89. The Kier molecular flexibility index (Phi) is 3.82. The van der Waals surface area contributed by atoms with Crippen molar-refractivity contribution >= 4 is 22.0 Å². The highest BCUT2D eigenvalue weighted by Crippen LogP contribution is 2.36. The van der Waals surface area contributed by atoms with Crippen molar-refractivity contribution in [1.29, 1.82) is 0 Å². The van der Waals surface area contributed by atoms with Crippen LogP contribution in [-0.4, -0.2) is 18.3 Å². The molecule has 0 atom stereocenters. The Bertz CT molecular complexity index is 430. The highest BCUT2D eigenvalue weighted by molar-refractivity contribution is 9.10. The van der Waals surface area contributed by atoms with Crippen LogP contribution in [0.3, 0.4) is 0 Å². The second-order valence-electron chi connectivity index (χ2n) is 2.61. The van der Waals surface area contributed by atoms with E-state index in [9.17, 15) is 14.3 Å². The van der Waals surface area contributed by atoms with E-state index in [1.54, 1.807) is 0 Å². The van der Waals surface area contributed by atoms with Crippen molar-refractivity contribution in [2.45, 2.75) is 6.54 Å². The summed E-state index contributed by atoms with van der Waals surface area (Å²) >= 11 is 3.08. The van der Waals surface area contributed by atoms with Gasteiger partial charge in [0.15, 0.2) is 17.3 Å². The van der Waals surface area contributed by atoms with E-state index in [-0.39, 0.29) is 17.9 Å². The first kappa shape index (κ1) is 11.7. The van der Waals surface area contributed by atoms with Crippen LogP contribution in [0.5, 0.6) is 11.5 Å². The molecule has 1 N–H and O–H groups in total. The number of carbonyl (C=O) groups excluding carboxylic acids is 1. The van der Waals surface area contributed by atoms with Crippen molar-refractivity contribution in [1.82, 2.24) is 0 Å². The molecular weight excluding hydrogens is 269 g/mol. The molecule has 4 nitrogen and oxygen atoms in total. The molecule has 0 unspecified atom stereocenters. The van der Waals surface area contributed by atoms with Gasteiger partial charge in [0, 0.05) is 10.0 Å². The number of halogens is 2. The highest BCUT2D eigenvalue weighted by Gasteiger charge is 2.16. The molecule has 0 spiro atoms. The number of hydrogen-bond acceptors (Lipinski definition) is 4. The summed E-state index contributed by atoms with van der Waals surface area (Å²) in [5, 5.41) is 9.34. The monoisotopic (exact) mass is 275 g/mol. The van der Waals surface area contributed by atoms with E-state index in [0.717, 1.165) is 0 Å². The number of aromatic hydroxyl groups is 1. The standard InChI is InChI=1S/C9H7BrFNO3/c1-15-7-2-6(10)5(3-12-4-13)8(11)9(7)14/h2,14H,3H2,1H3. The van der Waals surface area contributed by atoms with Crippen molar-refractivity contribution in [3.05, 3.63) is 21.9 Å². The minimum atomic E-state index is -0.861. The predicted octanol–water partition coefficient (Wildman–Crippen LogP) is 2.14. The summed E-state index contributed by atoms with van der Waals surface area (Å²) in [6.45, 7) is -0.187. The van der Waals surface area contributed by atoms with Gasteiger partial charge in [-0.2, -0.15) is 0 Å². The molecule has 0 radical (unpaired) electrons. The maximum absolute atomic E-state index is 13.5. The molecule has 1 rings (SSSR count). The van der Waals surface area contributed by atoms with Crippen LogP contribution < -0.4 is 4.74 Å². The zero-order chi connectivity index (χ0) is 11.4. The van der Waals surface area contributed by atoms with Gasteiger partial charge in [0.25, 0.3) is 0 Å². The molecule has 0 aliphatic carbocycles. The molecule has 6 heteroatoms. The van der Waals surface area contributed by atoms with Gasteiger partial charge in [-0.15, -0.1) is 0 Å². The van der Waals surface area contributed by atoms with E-state index in [1.165, 1.54) is 19.3 Å². The van der Waals surface area contributed by atoms with Gasteiger partial charge in [0.05, 0.1) is 13.7 Å². The largest absolute Gasteiger partial charge is 0.502 e. The zero-order valence-corrected chi connectivity index (χ0v) is 9.34. The van der Waals surface area contributed by atoms with Crippen LogP contribution in [0.4, 0.5) is 4.39 Å². The molecule has 0 fully saturated rings. The van der Waals surface area contributed by atoms with Gasteiger partial charge in [0.2, 0.25) is 6.08 Å². The molecule has 15 heavy (non-hydrogen) atoms. The normalized spacial score (nSPS) is 9.53. The molecule has 0 amide bonds. The summed E-state index contributed by atoms with van der Waals surface area (Å²) in [5.74, 6) is -1.45. The van der Waals surface area contributed by atoms with E-state index < -0.39 is 11.6 Å². The highest BCUT2D eigenvalue weighted by atomic mass is 79.9. The van der Waals surface area contributed by atoms with Crippen LogP contribution in [0.25, 0.3) is 0 Å². The summed E-state index contributed by atoms with van der Waals surface area (Å²) in [7, 11) is 1.31. The van der Waals surface area contributed by atoms with E-state index in [0.29, 0.717) is 4.47 Å². The molecule has 1 aromatic carbocycles. The van der Waals surface area contributed by atoms with Crippen LogP contribution in [0.15, 0.2) is 15.5 Å². The van der Waals surface area contributed by atoms with Crippen molar-refractivity contribution in [3.63, 3.8) is 0 Å². The molecular formula is C9H7BrFNO3. The average molecular weight is 276 g/mol. The van der Waals surface area contributed by atoms with Crippen molar-refractivity contribution in [3.8, 4) is 11.5 Å². The van der Waals surface area contributed by atoms with E-state index in [1.807, 2.05) is 0 Å². The maximum atomic E-state index is 13.5. The van der Waals surface area contributed by atoms with Gasteiger partial charge >= 0.3 is 0 Å². The average Bonchev–Trinajstić information content (AvgIpc) is 2.23. The molecule has 1 aromatic rings. The summed E-state index contributed by atoms with van der Waals surface area (Å²) in [6, 6.07) is 1.40. The lowest BCUT2D eigenvalue weighted by Crippen LogP contribution is -1.94. The fourth-order valence-corrected chi connectivity index (χ4v) is 1.55. The van der Waals surface area contributed by atoms with Crippen molar-refractivity contribution in [2.24, 2.45) is 4.99 Å². The Balaban J connectivity index is 3.28. The lowest BCUT2D eigenvalue weighted by atomic mass is 10.2. The Morgan fingerprint density at radius 1 is 1.73 bits per heavy atom. The summed E-state index contributed by atoms with van der Waals surface area (Å²) in [4.78, 5) is 13.1. The fraction of sp³-hybridized carbons (Fsp3) is 0.222. The summed E-state index contributed by atoms with van der Waals surface area (Å²) < 4.78 is 18.6. The second kappa shape index (κ2) is 4.91. The Hall–Kier alpha value is -1.39. The first-order chi connectivity index (χ1) is 7.11. The van der Waals surface area contributed by atoms with E-state index >= 15 is 0 Å². The number of aliphatic imine (C=N–C) groups is 1. The molecule has 0 bridgehead atoms. The smallest absolute Gasteiger partial charge is 0.235 e. The molecule has 0 saturated heterocycles. The molecule has 0 aliphatic heterocycles. The lowest BCUT2D eigenvalue weighted by Gasteiger charge is -2.08. The number of isocyanates is 1. The number of phenols is 1. The third-order valence-electron chi connectivity index (χ3n) is 1.77. The van der Waals surface area contributed by atoms with Gasteiger partial charge in [0.1, 0.15) is 0 Å². The van der Waals surface area contributed by atoms with Gasteiger partial charge in [-0.3, -0.25) is 0 Å². The lowest BCUT2D eigenvalue weighted by molar-refractivity contribution is 0.355. The molecule has 0 aromatic heterocycles. The zero-order valence-electron chi connectivity index (χ0n) is 7.75. The number of rotatable bonds is 3. The Labute approximate surface area is 93.5 Å². The Morgan fingerprint density at radius 2 is 2.40 bits per heavy atom. The second-order valence-corrected chi connectivity index (χ2v) is 3.46. The molecule has 0 saturated carbocycles. The van der Waals surface area contributed by atoms with E-state index in [4.69, 9.17) is 4.74 Å². The number of benzene rings is 1. The SMILES string of the molecule is COc1cc(Br)c(CN=C=O)c(F)c1O. The quantitative estimate of drug-likeness (QED) is 0.679. The number of hydrogen-bond donors (Lipinski definition) is 1. The fourth-order valence-electron chi connectivity index (χ4n) is 1.04. The van der Waals surface area contributed by atoms with Crippen LogP contribution in [0.2, 0.25) is 0 Å². The van der Waals surface area contributed by atoms with Gasteiger partial charge < -0.3 is 9.84 Å². The topological polar surface area (TPSA) is 58.9 Å². The van der Waals surface area contributed by atoms with Crippen LogP contribution in [0, 0.1) is 5.82 Å². The minimum absolute atomic E-state index is 0.0122. The summed E-state index contributed by atoms with van der Waals surface area (Å²) in [6.07, 6.45) is 1.29. The summed E-state index contributed by atoms with van der Waals surface area (Å²) in [5.41, 5.74) is 0.0802. The van der Waals surface area contributed by atoms with Crippen LogP contribution >= 0.6 is 15.9 Å². The number of ether oxygens (including phenoxy) is 1. The number of phenolic OH excluding ortho intramolecular Hbond substituents is 1. The molecule has 0 aliphatic rings. The third kappa shape index (κ3) is 2.34. The third-order valence-corrected chi connectivity index (χ3v) is 2.48. The maximum Gasteiger partial charge on any atom is 0.235 e. The number of methoxy groups -OCH3 is 1. The van der Waals surface area contributed by atoms with Crippen molar-refractivity contribution < 1.29 is 19.0 Å². The predicted molar refractivity (Wildman–Crippen MR) is 54.1 cm³/mol. The first-order valence-corrected chi connectivity index (χ1v) is 4.68. The van der Waals surface area contributed by atoms with E-state index in [2.05, 4.69) is 20.9 Å². The van der Waals surface area contributed by atoms with Gasteiger partial charge in [-0.1, -0.05) is 15.9 Å². The molecule has 80 valence electrons. The molecule has 0 heterocycles. The van der Waals surface area contributed by atoms with Crippen LogP contribution in [-0.2, 0) is 11.3 Å². The Morgan fingerprint density at radius 3 is 2.93 bits per heavy atom.